The molecule has 2 aromatic rings. The van der Waals surface area contributed by atoms with Crippen molar-refractivity contribution in [2.24, 2.45) is 0 Å². The van der Waals surface area contributed by atoms with Gasteiger partial charge in [0.15, 0.2) is 0 Å². The largest absolute Gasteiger partial charge is 0.496 e. The second-order valence-corrected chi connectivity index (χ2v) is 8.05. The standard InChI is InChI=1S/C21H26O7S/c1-15-8-11-17(12-9-15)29(23,24)28-14-16(10-13-20(22)27-4)21-18(25-2)6-5-7-19(21)26-3/h5-9,11-12,16H,10,13-14H2,1-4H3. The van der Waals surface area contributed by atoms with Gasteiger partial charge >= 0.3 is 5.97 Å². The summed E-state index contributed by atoms with van der Waals surface area (Å²) in [5.74, 6) is 0.178. The molecule has 0 aliphatic heterocycles. The minimum absolute atomic E-state index is 0.0711. The first-order valence-electron chi connectivity index (χ1n) is 9.06. The van der Waals surface area contributed by atoms with Crippen LogP contribution in [0.15, 0.2) is 47.4 Å². The fourth-order valence-electron chi connectivity index (χ4n) is 2.93. The third kappa shape index (κ3) is 5.95. The topological polar surface area (TPSA) is 88.1 Å². The summed E-state index contributed by atoms with van der Waals surface area (Å²) in [6.07, 6.45) is 0.392. The monoisotopic (exact) mass is 422 g/mol. The minimum Gasteiger partial charge on any atom is -0.496 e. The van der Waals surface area contributed by atoms with Crippen LogP contribution in [0.3, 0.4) is 0 Å². The van der Waals surface area contributed by atoms with Crippen molar-refractivity contribution in [1.29, 1.82) is 0 Å². The smallest absolute Gasteiger partial charge is 0.305 e. The fraction of sp³-hybridized carbons (Fsp3) is 0.381. The zero-order valence-electron chi connectivity index (χ0n) is 17.0. The van der Waals surface area contributed by atoms with Crippen LogP contribution < -0.4 is 9.47 Å². The highest BCUT2D eigenvalue weighted by Crippen LogP contribution is 2.38. The highest BCUT2D eigenvalue weighted by Gasteiger charge is 2.25. The Labute approximate surface area is 171 Å². The van der Waals surface area contributed by atoms with Gasteiger partial charge in [-0.15, -0.1) is 0 Å². The summed E-state index contributed by atoms with van der Waals surface area (Å²) < 4.78 is 46.1. The van der Waals surface area contributed by atoms with Crippen molar-refractivity contribution in [2.75, 3.05) is 27.9 Å². The molecule has 1 atom stereocenters. The Bertz CT molecular complexity index is 898. The molecule has 0 radical (unpaired) electrons. The minimum atomic E-state index is -3.96. The van der Waals surface area contributed by atoms with Crippen molar-refractivity contribution >= 4 is 16.1 Å². The van der Waals surface area contributed by atoms with Crippen molar-refractivity contribution in [3.63, 3.8) is 0 Å². The second-order valence-electron chi connectivity index (χ2n) is 6.44. The van der Waals surface area contributed by atoms with Crippen LogP contribution in [0.2, 0.25) is 0 Å². The first-order valence-corrected chi connectivity index (χ1v) is 10.5. The van der Waals surface area contributed by atoms with E-state index < -0.39 is 22.0 Å². The zero-order chi connectivity index (χ0) is 21.4. The van der Waals surface area contributed by atoms with Gasteiger partial charge in [-0.2, -0.15) is 8.42 Å². The molecular formula is C21H26O7S. The van der Waals surface area contributed by atoms with E-state index in [1.807, 2.05) is 6.92 Å². The molecule has 0 heterocycles. The molecule has 1 unspecified atom stereocenters. The molecule has 0 bridgehead atoms. The van der Waals surface area contributed by atoms with Gasteiger partial charge in [0.1, 0.15) is 11.5 Å². The summed E-state index contributed by atoms with van der Waals surface area (Å²) in [7, 11) is 0.371. The van der Waals surface area contributed by atoms with E-state index in [2.05, 4.69) is 0 Å². The predicted octanol–water partition coefficient (Wildman–Crippen LogP) is 3.45. The number of carbonyl (C=O) groups excluding carboxylic acids is 1. The van der Waals surface area contributed by atoms with Crippen LogP contribution in [0, 0.1) is 6.92 Å². The molecule has 2 aromatic carbocycles. The van der Waals surface area contributed by atoms with E-state index in [0.29, 0.717) is 23.5 Å². The predicted molar refractivity (Wildman–Crippen MR) is 108 cm³/mol. The van der Waals surface area contributed by atoms with Gasteiger partial charge in [-0.3, -0.25) is 8.98 Å². The second kappa shape index (κ2) is 10.3. The van der Waals surface area contributed by atoms with Crippen LogP contribution in [-0.4, -0.2) is 42.3 Å². The van der Waals surface area contributed by atoms with E-state index in [0.717, 1.165) is 5.56 Å². The molecule has 158 valence electrons. The molecular weight excluding hydrogens is 396 g/mol. The van der Waals surface area contributed by atoms with Gasteiger partial charge in [-0.05, 0) is 37.6 Å². The van der Waals surface area contributed by atoms with E-state index in [4.69, 9.17) is 18.4 Å². The summed E-state index contributed by atoms with van der Waals surface area (Å²) in [6, 6.07) is 11.7. The number of carbonyl (C=O) groups is 1. The number of ether oxygens (including phenoxy) is 3. The van der Waals surface area contributed by atoms with Gasteiger partial charge in [-0.1, -0.05) is 23.8 Å². The molecule has 0 spiro atoms. The molecule has 2 rings (SSSR count). The molecule has 0 fully saturated rings. The quantitative estimate of drug-likeness (QED) is 0.428. The van der Waals surface area contributed by atoms with Crippen molar-refractivity contribution < 1.29 is 31.6 Å². The Balaban J connectivity index is 2.32. The van der Waals surface area contributed by atoms with E-state index >= 15 is 0 Å². The molecule has 0 saturated heterocycles. The molecule has 0 amide bonds. The zero-order valence-corrected chi connectivity index (χ0v) is 17.8. The molecule has 0 N–H and O–H groups in total. The third-order valence-corrected chi connectivity index (χ3v) is 5.83. The van der Waals surface area contributed by atoms with Crippen LogP contribution in [0.4, 0.5) is 0 Å². The molecule has 8 heteroatoms. The molecule has 0 saturated carbocycles. The Morgan fingerprint density at radius 2 is 1.55 bits per heavy atom. The summed E-state index contributed by atoms with van der Waals surface area (Å²) in [5.41, 5.74) is 1.58. The van der Waals surface area contributed by atoms with Gasteiger partial charge in [0.05, 0.1) is 32.8 Å². The van der Waals surface area contributed by atoms with Gasteiger partial charge in [0.25, 0.3) is 10.1 Å². The molecule has 7 nitrogen and oxygen atoms in total. The van der Waals surface area contributed by atoms with E-state index in [9.17, 15) is 13.2 Å². The average molecular weight is 422 g/mol. The number of rotatable bonds is 10. The summed E-state index contributed by atoms with van der Waals surface area (Å²) in [6.45, 7) is 1.69. The number of benzene rings is 2. The maximum atomic E-state index is 12.6. The van der Waals surface area contributed by atoms with E-state index in [-0.39, 0.29) is 17.9 Å². The number of hydrogen-bond donors (Lipinski definition) is 0. The SMILES string of the molecule is COC(=O)CCC(COS(=O)(=O)c1ccc(C)cc1)c1c(OC)cccc1OC. The average Bonchev–Trinajstić information content (AvgIpc) is 2.73. The Morgan fingerprint density at radius 1 is 0.966 bits per heavy atom. The van der Waals surface area contributed by atoms with E-state index in [1.165, 1.54) is 33.5 Å². The van der Waals surface area contributed by atoms with Gasteiger partial charge in [0.2, 0.25) is 0 Å². The maximum absolute atomic E-state index is 12.6. The fourth-order valence-corrected chi connectivity index (χ4v) is 3.88. The molecule has 0 aliphatic rings. The molecule has 29 heavy (non-hydrogen) atoms. The lowest BCUT2D eigenvalue weighted by Crippen LogP contribution is -2.16. The van der Waals surface area contributed by atoms with Crippen LogP contribution >= 0.6 is 0 Å². The molecule has 0 aliphatic carbocycles. The van der Waals surface area contributed by atoms with Crippen molar-refractivity contribution in [1.82, 2.24) is 0 Å². The third-order valence-electron chi connectivity index (χ3n) is 4.53. The van der Waals surface area contributed by atoms with Crippen LogP contribution in [0.5, 0.6) is 11.5 Å². The lowest BCUT2D eigenvalue weighted by Gasteiger charge is -2.22. The van der Waals surface area contributed by atoms with Crippen LogP contribution in [0.25, 0.3) is 0 Å². The lowest BCUT2D eigenvalue weighted by atomic mass is 9.93. The van der Waals surface area contributed by atoms with Crippen molar-refractivity contribution in [3.05, 3.63) is 53.6 Å². The number of esters is 1. The Kier molecular flexibility index (Phi) is 8.04. The van der Waals surface area contributed by atoms with Gasteiger partial charge < -0.3 is 14.2 Å². The van der Waals surface area contributed by atoms with Crippen LogP contribution in [0.1, 0.15) is 29.9 Å². The van der Waals surface area contributed by atoms with Crippen molar-refractivity contribution in [2.45, 2.75) is 30.6 Å². The summed E-state index contributed by atoms with van der Waals surface area (Å²) in [4.78, 5) is 11.7. The Hall–Kier alpha value is -2.58. The van der Waals surface area contributed by atoms with Crippen molar-refractivity contribution in [3.8, 4) is 11.5 Å². The highest BCUT2D eigenvalue weighted by atomic mass is 32.2. The number of hydrogen-bond acceptors (Lipinski definition) is 7. The normalized spacial score (nSPS) is 12.3. The summed E-state index contributed by atoms with van der Waals surface area (Å²) >= 11 is 0. The highest BCUT2D eigenvalue weighted by molar-refractivity contribution is 7.86. The maximum Gasteiger partial charge on any atom is 0.305 e. The number of aryl methyl sites for hydroxylation is 1. The Morgan fingerprint density at radius 3 is 2.07 bits per heavy atom. The molecule has 0 aromatic heterocycles. The first-order chi connectivity index (χ1) is 13.8. The first kappa shape index (κ1) is 22.7. The van der Waals surface area contributed by atoms with Crippen LogP contribution in [-0.2, 0) is 23.8 Å². The van der Waals surface area contributed by atoms with Gasteiger partial charge in [0, 0.05) is 17.9 Å². The summed E-state index contributed by atoms with van der Waals surface area (Å²) in [5, 5.41) is 0. The number of methoxy groups -OCH3 is 3. The van der Waals surface area contributed by atoms with Gasteiger partial charge in [-0.25, -0.2) is 0 Å². The lowest BCUT2D eigenvalue weighted by molar-refractivity contribution is -0.140. The van der Waals surface area contributed by atoms with E-state index in [1.54, 1.807) is 30.3 Å².